The van der Waals surface area contributed by atoms with Crippen LogP contribution in [0.1, 0.15) is 12.8 Å². The number of hydrogen-bond acceptors (Lipinski definition) is 2. The van der Waals surface area contributed by atoms with Crippen molar-refractivity contribution in [1.29, 1.82) is 0 Å². The average molecular weight is 271 g/mol. The SMILES string of the molecule is Fc1cc2c(cc1Br)NCCN2C1CC1. The van der Waals surface area contributed by atoms with Crippen molar-refractivity contribution in [2.75, 3.05) is 23.3 Å². The van der Waals surface area contributed by atoms with Gasteiger partial charge in [-0.05, 0) is 34.8 Å². The van der Waals surface area contributed by atoms with E-state index in [2.05, 4.69) is 26.1 Å². The number of anilines is 2. The van der Waals surface area contributed by atoms with Crippen LogP contribution in [0.4, 0.5) is 15.8 Å². The summed E-state index contributed by atoms with van der Waals surface area (Å²) in [6, 6.07) is 4.11. The third-order valence-electron chi connectivity index (χ3n) is 3.00. The van der Waals surface area contributed by atoms with E-state index in [-0.39, 0.29) is 5.82 Å². The summed E-state index contributed by atoms with van der Waals surface area (Å²) in [4.78, 5) is 2.32. The minimum atomic E-state index is -0.178. The molecule has 1 saturated carbocycles. The highest BCUT2D eigenvalue weighted by atomic mass is 79.9. The van der Waals surface area contributed by atoms with E-state index in [0.717, 1.165) is 24.5 Å². The third-order valence-corrected chi connectivity index (χ3v) is 3.61. The van der Waals surface area contributed by atoms with Gasteiger partial charge in [-0.25, -0.2) is 4.39 Å². The van der Waals surface area contributed by atoms with E-state index >= 15 is 0 Å². The van der Waals surface area contributed by atoms with E-state index in [1.54, 1.807) is 6.07 Å². The second kappa shape index (κ2) is 3.37. The van der Waals surface area contributed by atoms with E-state index in [1.165, 1.54) is 12.8 Å². The minimum absolute atomic E-state index is 0.178. The fourth-order valence-corrected chi connectivity index (χ4v) is 2.46. The lowest BCUT2D eigenvalue weighted by molar-refractivity contribution is 0.619. The van der Waals surface area contributed by atoms with Gasteiger partial charge < -0.3 is 10.2 Å². The molecule has 1 aromatic rings. The fourth-order valence-electron chi connectivity index (χ4n) is 2.11. The van der Waals surface area contributed by atoms with E-state index < -0.39 is 0 Å². The minimum Gasteiger partial charge on any atom is -0.382 e. The van der Waals surface area contributed by atoms with Gasteiger partial charge >= 0.3 is 0 Å². The monoisotopic (exact) mass is 270 g/mol. The van der Waals surface area contributed by atoms with Crippen LogP contribution in [-0.2, 0) is 0 Å². The Morgan fingerprint density at radius 3 is 2.93 bits per heavy atom. The number of rotatable bonds is 1. The second-order valence-electron chi connectivity index (χ2n) is 4.13. The zero-order valence-corrected chi connectivity index (χ0v) is 9.85. The molecule has 0 bridgehead atoms. The Kier molecular flexibility index (Phi) is 2.12. The maximum absolute atomic E-state index is 13.5. The first-order chi connectivity index (χ1) is 7.25. The number of nitrogens with zero attached hydrogens (tertiary/aromatic N) is 1. The Balaban J connectivity index is 2.05. The van der Waals surface area contributed by atoms with Crippen LogP contribution in [0.15, 0.2) is 16.6 Å². The number of fused-ring (bicyclic) bond motifs is 1. The molecule has 1 aliphatic carbocycles. The Morgan fingerprint density at radius 1 is 1.40 bits per heavy atom. The van der Waals surface area contributed by atoms with E-state index in [4.69, 9.17) is 0 Å². The first kappa shape index (κ1) is 9.46. The lowest BCUT2D eigenvalue weighted by Gasteiger charge is -2.32. The zero-order chi connectivity index (χ0) is 10.4. The molecule has 1 N–H and O–H groups in total. The standard InChI is InChI=1S/C11H12BrFN2/c12-8-5-10-11(6-9(8)13)15(4-3-14-10)7-1-2-7/h5-7,14H,1-4H2. The van der Waals surface area contributed by atoms with Crippen molar-refractivity contribution in [1.82, 2.24) is 0 Å². The van der Waals surface area contributed by atoms with Crippen LogP contribution < -0.4 is 10.2 Å². The molecule has 1 fully saturated rings. The fraction of sp³-hybridized carbons (Fsp3) is 0.455. The molecule has 0 atom stereocenters. The molecule has 3 rings (SSSR count). The molecule has 1 aromatic carbocycles. The molecule has 4 heteroatoms. The molecule has 1 aliphatic heterocycles. The molecule has 0 spiro atoms. The largest absolute Gasteiger partial charge is 0.382 e. The summed E-state index contributed by atoms with van der Waals surface area (Å²) in [5, 5.41) is 3.30. The molecule has 0 aromatic heterocycles. The first-order valence-corrected chi connectivity index (χ1v) is 6.04. The molecule has 0 amide bonds. The van der Waals surface area contributed by atoms with Gasteiger partial charge in [-0.2, -0.15) is 0 Å². The van der Waals surface area contributed by atoms with E-state index in [9.17, 15) is 4.39 Å². The molecule has 1 heterocycles. The molecule has 2 aliphatic rings. The van der Waals surface area contributed by atoms with Crippen LogP contribution in [0.3, 0.4) is 0 Å². The van der Waals surface area contributed by atoms with Gasteiger partial charge in [0.1, 0.15) is 5.82 Å². The van der Waals surface area contributed by atoms with Gasteiger partial charge in [0.2, 0.25) is 0 Å². The van der Waals surface area contributed by atoms with Crippen molar-refractivity contribution in [2.45, 2.75) is 18.9 Å². The highest BCUT2D eigenvalue weighted by molar-refractivity contribution is 9.10. The van der Waals surface area contributed by atoms with Crippen LogP contribution in [0.25, 0.3) is 0 Å². The van der Waals surface area contributed by atoms with Crippen LogP contribution in [0.2, 0.25) is 0 Å². The summed E-state index contributed by atoms with van der Waals surface area (Å²) in [7, 11) is 0. The van der Waals surface area contributed by atoms with Gasteiger partial charge in [0, 0.05) is 25.2 Å². The quantitative estimate of drug-likeness (QED) is 0.844. The molecule has 15 heavy (non-hydrogen) atoms. The molecule has 0 radical (unpaired) electrons. The molecule has 2 nitrogen and oxygen atoms in total. The molecule has 80 valence electrons. The summed E-state index contributed by atoms with van der Waals surface area (Å²) < 4.78 is 14.0. The summed E-state index contributed by atoms with van der Waals surface area (Å²) in [6.45, 7) is 1.93. The topological polar surface area (TPSA) is 15.3 Å². The lowest BCUT2D eigenvalue weighted by Crippen LogP contribution is -2.35. The Hall–Kier alpha value is -0.770. The van der Waals surface area contributed by atoms with Crippen LogP contribution in [0.5, 0.6) is 0 Å². The molecule has 0 saturated heterocycles. The van der Waals surface area contributed by atoms with Gasteiger partial charge in [-0.1, -0.05) is 0 Å². The molecule has 0 unspecified atom stereocenters. The summed E-state index contributed by atoms with van der Waals surface area (Å²) in [5.41, 5.74) is 2.06. The van der Waals surface area contributed by atoms with Crippen molar-refractivity contribution in [2.24, 2.45) is 0 Å². The number of hydrogen-bond donors (Lipinski definition) is 1. The van der Waals surface area contributed by atoms with Crippen molar-refractivity contribution in [3.05, 3.63) is 22.4 Å². The number of halogens is 2. The van der Waals surface area contributed by atoms with Crippen LogP contribution in [0, 0.1) is 5.82 Å². The summed E-state index contributed by atoms with van der Waals surface area (Å²) in [6.07, 6.45) is 2.49. The van der Waals surface area contributed by atoms with Gasteiger partial charge in [-0.3, -0.25) is 0 Å². The van der Waals surface area contributed by atoms with Gasteiger partial charge in [-0.15, -0.1) is 0 Å². The first-order valence-electron chi connectivity index (χ1n) is 5.25. The highest BCUT2D eigenvalue weighted by Gasteiger charge is 2.32. The normalized spacial score (nSPS) is 19.7. The van der Waals surface area contributed by atoms with E-state index in [0.29, 0.717) is 10.5 Å². The molecular formula is C11H12BrFN2. The second-order valence-corrected chi connectivity index (χ2v) is 4.99. The Bertz CT molecular complexity index is 404. The summed E-state index contributed by atoms with van der Waals surface area (Å²) >= 11 is 3.21. The predicted octanol–water partition coefficient (Wildman–Crippen LogP) is 2.98. The lowest BCUT2D eigenvalue weighted by atomic mass is 10.2. The smallest absolute Gasteiger partial charge is 0.139 e. The van der Waals surface area contributed by atoms with Gasteiger partial charge in [0.25, 0.3) is 0 Å². The van der Waals surface area contributed by atoms with Crippen molar-refractivity contribution < 1.29 is 4.39 Å². The van der Waals surface area contributed by atoms with Gasteiger partial charge in [0.15, 0.2) is 0 Å². The Labute approximate surface area is 96.6 Å². The maximum atomic E-state index is 13.5. The van der Waals surface area contributed by atoms with Crippen molar-refractivity contribution in [3.8, 4) is 0 Å². The zero-order valence-electron chi connectivity index (χ0n) is 8.26. The third kappa shape index (κ3) is 1.61. The molecular weight excluding hydrogens is 259 g/mol. The number of benzene rings is 1. The highest BCUT2D eigenvalue weighted by Crippen LogP contribution is 2.39. The average Bonchev–Trinajstić information content (AvgIpc) is 3.02. The van der Waals surface area contributed by atoms with Crippen molar-refractivity contribution in [3.63, 3.8) is 0 Å². The predicted molar refractivity (Wildman–Crippen MR) is 63.0 cm³/mol. The maximum Gasteiger partial charge on any atom is 0.139 e. The van der Waals surface area contributed by atoms with E-state index in [1.807, 2.05) is 6.07 Å². The van der Waals surface area contributed by atoms with Gasteiger partial charge in [0.05, 0.1) is 15.8 Å². The Morgan fingerprint density at radius 2 is 2.20 bits per heavy atom. The van der Waals surface area contributed by atoms with Crippen LogP contribution >= 0.6 is 15.9 Å². The summed E-state index contributed by atoms with van der Waals surface area (Å²) in [5.74, 6) is -0.178. The van der Waals surface area contributed by atoms with Crippen molar-refractivity contribution >= 4 is 27.3 Å². The van der Waals surface area contributed by atoms with Crippen LogP contribution in [-0.4, -0.2) is 19.1 Å². The number of nitrogens with one attached hydrogen (secondary N) is 1.